The molecular formula is C17H34O6. The van der Waals surface area contributed by atoms with E-state index in [1.807, 2.05) is 27.7 Å². The molecule has 0 aliphatic carbocycles. The number of rotatable bonds is 17. The second-order valence-corrected chi connectivity index (χ2v) is 5.95. The maximum absolute atomic E-state index is 11.4. The molecule has 0 aromatic carbocycles. The number of hydrogen-bond acceptors (Lipinski definition) is 6. The Hall–Kier alpha value is -0.530. The van der Waals surface area contributed by atoms with E-state index >= 15 is 0 Å². The second-order valence-electron chi connectivity index (χ2n) is 5.95. The van der Waals surface area contributed by atoms with Gasteiger partial charge in [0.25, 0.3) is 0 Å². The van der Waals surface area contributed by atoms with Gasteiger partial charge in [0.05, 0.1) is 59.0 Å². The van der Waals surface area contributed by atoms with Gasteiger partial charge < -0.3 is 23.7 Å². The highest BCUT2D eigenvalue weighted by Crippen LogP contribution is 1.99. The van der Waals surface area contributed by atoms with Gasteiger partial charge in [0.1, 0.15) is 6.61 Å². The average molecular weight is 334 g/mol. The van der Waals surface area contributed by atoms with Gasteiger partial charge in [-0.2, -0.15) is 0 Å². The van der Waals surface area contributed by atoms with E-state index in [1.54, 1.807) is 0 Å². The molecule has 0 aliphatic heterocycles. The van der Waals surface area contributed by atoms with Crippen molar-refractivity contribution in [3.63, 3.8) is 0 Å². The molecule has 0 aromatic heterocycles. The molecule has 138 valence electrons. The summed E-state index contributed by atoms with van der Waals surface area (Å²) >= 11 is 0. The Morgan fingerprint density at radius 3 is 1.57 bits per heavy atom. The second kappa shape index (κ2) is 16.3. The topological polar surface area (TPSA) is 63.2 Å². The van der Waals surface area contributed by atoms with Crippen LogP contribution in [0.5, 0.6) is 0 Å². The van der Waals surface area contributed by atoms with Gasteiger partial charge in [0.15, 0.2) is 5.78 Å². The highest BCUT2D eigenvalue weighted by molar-refractivity contribution is 5.79. The molecule has 0 unspecified atom stereocenters. The van der Waals surface area contributed by atoms with Crippen LogP contribution in [0.2, 0.25) is 0 Å². The molecule has 0 bridgehead atoms. The Bertz CT molecular complexity index is 268. The number of carbonyl (C=O) groups excluding carboxylic acids is 1. The van der Waals surface area contributed by atoms with Crippen LogP contribution in [0.1, 0.15) is 34.1 Å². The summed E-state index contributed by atoms with van der Waals surface area (Å²) in [5.41, 5.74) is 0. The Labute approximate surface area is 140 Å². The van der Waals surface area contributed by atoms with E-state index in [4.69, 9.17) is 23.7 Å². The van der Waals surface area contributed by atoms with Crippen LogP contribution in [0.25, 0.3) is 0 Å². The summed E-state index contributed by atoms with van der Waals surface area (Å²) in [4.78, 5) is 11.4. The normalized spacial score (nSPS) is 11.6. The fourth-order valence-corrected chi connectivity index (χ4v) is 1.70. The summed E-state index contributed by atoms with van der Waals surface area (Å²) < 4.78 is 26.7. The van der Waals surface area contributed by atoms with Crippen LogP contribution in [0.3, 0.4) is 0 Å². The van der Waals surface area contributed by atoms with Crippen LogP contribution >= 0.6 is 0 Å². The van der Waals surface area contributed by atoms with E-state index in [0.29, 0.717) is 65.2 Å². The minimum atomic E-state index is 0.141. The van der Waals surface area contributed by atoms with Crippen molar-refractivity contribution in [2.45, 2.75) is 40.2 Å². The van der Waals surface area contributed by atoms with Crippen molar-refractivity contribution < 1.29 is 28.5 Å². The Morgan fingerprint density at radius 2 is 1.13 bits per heavy atom. The average Bonchev–Trinajstić information content (AvgIpc) is 2.46. The van der Waals surface area contributed by atoms with Crippen molar-refractivity contribution >= 4 is 5.78 Å². The highest BCUT2D eigenvalue weighted by atomic mass is 16.6. The van der Waals surface area contributed by atoms with Crippen LogP contribution < -0.4 is 0 Å². The van der Waals surface area contributed by atoms with Crippen molar-refractivity contribution in [1.82, 2.24) is 0 Å². The first-order valence-electron chi connectivity index (χ1n) is 8.46. The molecule has 0 saturated heterocycles. The fraction of sp³-hybridized carbons (Fsp3) is 0.941. The Balaban J connectivity index is 3.09. The zero-order valence-corrected chi connectivity index (χ0v) is 15.2. The number of ketones is 1. The third kappa shape index (κ3) is 19.4. The first kappa shape index (κ1) is 22.5. The van der Waals surface area contributed by atoms with E-state index in [9.17, 15) is 4.79 Å². The van der Waals surface area contributed by atoms with Crippen molar-refractivity contribution in [1.29, 1.82) is 0 Å². The van der Waals surface area contributed by atoms with Gasteiger partial charge in [-0.05, 0) is 19.8 Å². The molecule has 0 aromatic rings. The summed E-state index contributed by atoms with van der Waals surface area (Å²) in [5, 5.41) is 0. The maximum Gasteiger partial charge on any atom is 0.158 e. The standard InChI is InChI=1S/C17H34O6/c1-15(2)13-17(18)14-22-10-9-20-6-5-19-7-8-21-11-12-23-16(3)4/h15-16H,5-14H2,1-4H3. The zero-order valence-electron chi connectivity index (χ0n) is 15.2. The molecule has 0 aliphatic rings. The number of Topliss-reactive ketones (excluding diaryl/α,β-unsaturated/α-hetero) is 1. The minimum Gasteiger partial charge on any atom is -0.377 e. The molecule has 0 fully saturated rings. The van der Waals surface area contributed by atoms with Crippen LogP contribution in [0.15, 0.2) is 0 Å². The molecule has 0 heterocycles. The van der Waals surface area contributed by atoms with Crippen LogP contribution in [0, 0.1) is 5.92 Å². The molecule has 0 spiro atoms. The predicted octanol–water partition coefficient (Wildman–Crippen LogP) is 2.09. The van der Waals surface area contributed by atoms with E-state index in [0.717, 1.165) is 0 Å². The molecule has 23 heavy (non-hydrogen) atoms. The molecule has 0 rings (SSSR count). The number of hydrogen-bond donors (Lipinski definition) is 0. The number of ether oxygens (including phenoxy) is 5. The summed E-state index contributed by atoms with van der Waals surface area (Å²) in [6.07, 6.45) is 0.810. The number of carbonyl (C=O) groups is 1. The Kier molecular flexibility index (Phi) is 16.0. The molecule has 0 saturated carbocycles. The quantitative estimate of drug-likeness (QED) is 0.380. The lowest BCUT2D eigenvalue weighted by molar-refractivity contribution is -0.124. The minimum absolute atomic E-state index is 0.141. The maximum atomic E-state index is 11.4. The van der Waals surface area contributed by atoms with Gasteiger partial charge in [0.2, 0.25) is 0 Å². The van der Waals surface area contributed by atoms with Gasteiger partial charge in [-0.25, -0.2) is 0 Å². The zero-order chi connectivity index (χ0) is 17.3. The fourth-order valence-electron chi connectivity index (χ4n) is 1.70. The van der Waals surface area contributed by atoms with Crippen LogP contribution in [-0.2, 0) is 28.5 Å². The summed E-state index contributed by atoms with van der Waals surface area (Å²) in [7, 11) is 0. The van der Waals surface area contributed by atoms with Crippen LogP contribution in [0.4, 0.5) is 0 Å². The SMILES string of the molecule is CC(C)CC(=O)COCCOCCOCCOCCOC(C)C. The Morgan fingerprint density at radius 1 is 0.696 bits per heavy atom. The van der Waals surface area contributed by atoms with Crippen molar-refractivity contribution in [2.24, 2.45) is 5.92 Å². The first-order valence-corrected chi connectivity index (χ1v) is 8.46. The summed E-state index contributed by atoms with van der Waals surface area (Å²) in [6, 6.07) is 0. The molecular weight excluding hydrogens is 300 g/mol. The van der Waals surface area contributed by atoms with Gasteiger partial charge in [-0.3, -0.25) is 4.79 Å². The van der Waals surface area contributed by atoms with Gasteiger partial charge in [0, 0.05) is 6.42 Å². The van der Waals surface area contributed by atoms with Gasteiger partial charge >= 0.3 is 0 Å². The first-order chi connectivity index (χ1) is 11.0. The summed E-state index contributed by atoms with van der Waals surface area (Å²) in [6.45, 7) is 12.5. The molecule has 0 amide bonds. The van der Waals surface area contributed by atoms with E-state index in [2.05, 4.69) is 0 Å². The largest absolute Gasteiger partial charge is 0.377 e. The molecule has 6 nitrogen and oxygen atoms in total. The van der Waals surface area contributed by atoms with Crippen LogP contribution in [-0.4, -0.2) is 71.3 Å². The lowest BCUT2D eigenvalue weighted by atomic mass is 10.1. The van der Waals surface area contributed by atoms with Crippen molar-refractivity contribution in [2.75, 3.05) is 59.5 Å². The third-order valence-electron chi connectivity index (χ3n) is 2.69. The smallest absolute Gasteiger partial charge is 0.158 e. The molecule has 0 radical (unpaired) electrons. The van der Waals surface area contributed by atoms with E-state index in [1.165, 1.54) is 0 Å². The molecule has 0 N–H and O–H groups in total. The van der Waals surface area contributed by atoms with E-state index in [-0.39, 0.29) is 18.5 Å². The molecule has 6 heteroatoms. The lowest BCUT2D eigenvalue weighted by Gasteiger charge is -2.09. The summed E-state index contributed by atoms with van der Waals surface area (Å²) in [5.74, 6) is 0.522. The van der Waals surface area contributed by atoms with Gasteiger partial charge in [-0.1, -0.05) is 13.8 Å². The van der Waals surface area contributed by atoms with Gasteiger partial charge in [-0.15, -0.1) is 0 Å². The predicted molar refractivity (Wildman–Crippen MR) is 88.8 cm³/mol. The highest BCUT2D eigenvalue weighted by Gasteiger charge is 2.04. The van der Waals surface area contributed by atoms with Crippen molar-refractivity contribution in [3.8, 4) is 0 Å². The monoisotopic (exact) mass is 334 g/mol. The van der Waals surface area contributed by atoms with Crippen molar-refractivity contribution in [3.05, 3.63) is 0 Å². The lowest BCUT2D eigenvalue weighted by Crippen LogP contribution is -2.16. The van der Waals surface area contributed by atoms with E-state index < -0.39 is 0 Å². The molecule has 0 atom stereocenters. The third-order valence-corrected chi connectivity index (χ3v) is 2.69.